The maximum Gasteiger partial charge on any atom is 0.268 e. The zero-order valence-corrected chi connectivity index (χ0v) is 24.0. The third-order valence-electron chi connectivity index (χ3n) is 8.55. The van der Waals surface area contributed by atoms with Gasteiger partial charge >= 0.3 is 0 Å². The van der Waals surface area contributed by atoms with Crippen molar-refractivity contribution in [1.82, 2.24) is 20.2 Å². The van der Waals surface area contributed by atoms with Crippen LogP contribution in [0.4, 0.5) is 0 Å². The Labute approximate surface area is 229 Å². The molecule has 8 heteroatoms. The molecule has 1 aromatic carbocycles. The van der Waals surface area contributed by atoms with E-state index in [0.29, 0.717) is 29.1 Å². The Balaban J connectivity index is 1.35. The molecule has 3 aromatic rings. The van der Waals surface area contributed by atoms with E-state index in [0.717, 1.165) is 34.6 Å². The predicted octanol–water partition coefficient (Wildman–Crippen LogP) is 4.87. The number of carbonyl (C=O) groups excluding carboxylic acids is 1. The van der Waals surface area contributed by atoms with E-state index >= 15 is 0 Å². The molecule has 5 rings (SSSR count). The summed E-state index contributed by atoms with van der Waals surface area (Å²) in [5.74, 6) is 0.748. The van der Waals surface area contributed by atoms with Gasteiger partial charge in [-0.2, -0.15) is 0 Å². The van der Waals surface area contributed by atoms with Gasteiger partial charge in [0.15, 0.2) is 0 Å². The lowest BCUT2D eigenvalue weighted by molar-refractivity contribution is -0.0717. The quantitative estimate of drug-likeness (QED) is 0.358. The fourth-order valence-corrected chi connectivity index (χ4v) is 7.19. The van der Waals surface area contributed by atoms with E-state index < -0.39 is 0 Å². The largest absolute Gasteiger partial charge is 0.377 e. The van der Waals surface area contributed by atoms with Gasteiger partial charge in [0.1, 0.15) is 5.69 Å². The number of H-pyrrole nitrogens is 1. The number of carbonyl (C=O) groups is 1. The summed E-state index contributed by atoms with van der Waals surface area (Å²) in [7, 11) is 2.01. The summed E-state index contributed by atoms with van der Waals surface area (Å²) in [6, 6.07) is 10.7. The molecule has 3 heterocycles. The summed E-state index contributed by atoms with van der Waals surface area (Å²) in [4.78, 5) is 29.9. The number of aromatic nitrogens is 2. The molecule has 3 N–H and O–H groups in total. The molecule has 0 spiro atoms. The van der Waals surface area contributed by atoms with Gasteiger partial charge in [-0.1, -0.05) is 31.2 Å². The Morgan fingerprint density at radius 2 is 1.89 bits per heavy atom. The number of pyridine rings is 1. The van der Waals surface area contributed by atoms with E-state index in [-0.39, 0.29) is 23.6 Å². The number of nitrogens with zero attached hydrogens (tertiary/aromatic N) is 1. The van der Waals surface area contributed by atoms with Gasteiger partial charge in [0.25, 0.3) is 11.5 Å². The molecule has 2 fully saturated rings. The summed E-state index contributed by atoms with van der Waals surface area (Å²) >= 11 is 1.52. The van der Waals surface area contributed by atoms with Gasteiger partial charge in [0, 0.05) is 52.3 Å². The molecule has 204 valence electrons. The number of amides is 1. The van der Waals surface area contributed by atoms with E-state index in [4.69, 9.17) is 4.74 Å². The van der Waals surface area contributed by atoms with Gasteiger partial charge in [-0.15, -0.1) is 11.8 Å². The van der Waals surface area contributed by atoms with Gasteiger partial charge in [-0.25, -0.2) is 0 Å². The van der Waals surface area contributed by atoms with Crippen LogP contribution in [0.25, 0.3) is 10.8 Å². The fraction of sp³-hybridized carbons (Fsp3) is 0.533. The lowest BCUT2D eigenvalue weighted by Crippen LogP contribution is -2.61. The van der Waals surface area contributed by atoms with Crippen LogP contribution in [0.5, 0.6) is 0 Å². The molecule has 2 aromatic heterocycles. The number of aromatic amines is 1. The van der Waals surface area contributed by atoms with Crippen LogP contribution in [0.2, 0.25) is 0 Å². The van der Waals surface area contributed by atoms with Crippen molar-refractivity contribution in [2.75, 3.05) is 19.5 Å². The first-order chi connectivity index (χ1) is 18.2. The summed E-state index contributed by atoms with van der Waals surface area (Å²) < 4.78 is 7.51. The molecule has 38 heavy (non-hydrogen) atoms. The van der Waals surface area contributed by atoms with Crippen molar-refractivity contribution in [2.24, 2.45) is 13.0 Å². The SMILES string of the molecule is CSc1cc(C)[nH]c(=O)c1CNC(=O)c1c2ccccc2c([C@H](C)C2CCC(NC3(C)COC3)CC2)n1C. The highest BCUT2D eigenvalue weighted by atomic mass is 32.2. The molecule has 0 radical (unpaired) electrons. The smallest absolute Gasteiger partial charge is 0.268 e. The zero-order valence-electron chi connectivity index (χ0n) is 23.1. The van der Waals surface area contributed by atoms with Gasteiger partial charge in [-0.05, 0) is 63.7 Å². The molecule has 1 aliphatic heterocycles. The van der Waals surface area contributed by atoms with Crippen LogP contribution in [-0.2, 0) is 18.3 Å². The monoisotopic (exact) mass is 536 g/mol. The lowest BCUT2D eigenvalue weighted by Gasteiger charge is -2.44. The van der Waals surface area contributed by atoms with Gasteiger partial charge in [0.05, 0.1) is 18.8 Å². The number of nitrogens with one attached hydrogen (secondary N) is 3. The minimum Gasteiger partial charge on any atom is -0.377 e. The van der Waals surface area contributed by atoms with Crippen molar-refractivity contribution >= 4 is 28.4 Å². The van der Waals surface area contributed by atoms with Crippen LogP contribution in [0.1, 0.15) is 72.9 Å². The highest BCUT2D eigenvalue weighted by Crippen LogP contribution is 2.40. The zero-order chi connectivity index (χ0) is 27.0. The molecule has 1 saturated heterocycles. The van der Waals surface area contributed by atoms with E-state index in [1.807, 2.05) is 38.4 Å². The fourth-order valence-electron chi connectivity index (χ4n) is 6.48. The first-order valence-corrected chi connectivity index (χ1v) is 14.9. The van der Waals surface area contributed by atoms with E-state index in [1.165, 1.54) is 43.1 Å². The summed E-state index contributed by atoms with van der Waals surface area (Å²) in [6.45, 7) is 8.25. The number of benzene rings is 1. The molecule has 0 bridgehead atoms. The van der Waals surface area contributed by atoms with Crippen LogP contribution >= 0.6 is 11.8 Å². The molecule has 1 aliphatic carbocycles. The van der Waals surface area contributed by atoms with Crippen molar-refractivity contribution in [2.45, 2.75) is 75.4 Å². The van der Waals surface area contributed by atoms with Crippen LogP contribution in [0.15, 0.2) is 40.0 Å². The third-order valence-corrected chi connectivity index (χ3v) is 9.35. The average Bonchev–Trinajstić information content (AvgIpc) is 3.18. The Morgan fingerprint density at radius 1 is 1.21 bits per heavy atom. The molecule has 7 nitrogen and oxygen atoms in total. The number of thioether (sulfide) groups is 1. The number of hydrogen-bond donors (Lipinski definition) is 3. The van der Waals surface area contributed by atoms with Crippen molar-refractivity contribution in [3.63, 3.8) is 0 Å². The molecule has 0 unspecified atom stereocenters. The summed E-state index contributed by atoms with van der Waals surface area (Å²) in [5.41, 5.74) is 3.28. The highest BCUT2D eigenvalue weighted by molar-refractivity contribution is 7.98. The van der Waals surface area contributed by atoms with E-state index in [9.17, 15) is 9.59 Å². The molecular formula is C30H40N4O3S. The number of aryl methyl sites for hydroxylation is 1. The Bertz CT molecular complexity index is 1380. The molecule has 2 aliphatic rings. The molecule has 1 atom stereocenters. The van der Waals surface area contributed by atoms with Crippen molar-refractivity contribution in [3.05, 3.63) is 63.3 Å². The second kappa shape index (κ2) is 10.9. The highest BCUT2D eigenvalue weighted by Gasteiger charge is 2.37. The number of rotatable bonds is 8. The summed E-state index contributed by atoms with van der Waals surface area (Å²) in [5, 5.41) is 8.97. The van der Waals surface area contributed by atoms with Crippen LogP contribution < -0.4 is 16.2 Å². The van der Waals surface area contributed by atoms with E-state index in [1.54, 1.807) is 0 Å². The number of fused-ring (bicyclic) bond motifs is 1. The topological polar surface area (TPSA) is 88.2 Å². The number of hydrogen-bond acceptors (Lipinski definition) is 5. The van der Waals surface area contributed by atoms with Gasteiger partial charge in [0.2, 0.25) is 0 Å². The Morgan fingerprint density at radius 3 is 2.53 bits per heavy atom. The maximum absolute atomic E-state index is 13.6. The molecule has 1 amide bonds. The molecular weight excluding hydrogens is 496 g/mol. The van der Waals surface area contributed by atoms with Gasteiger partial charge in [-0.3, -0.25) is 9.59 Å². The van der Waals surface area contributed by atoms with Crippen molar-refractivity contribution in [1.29, 1.82) is 0 Å². The average molecular weight is 537 g/mol. The molecule has 1 saturated carbocycles. The lowest BCUT2D eigenvalue weighted by atomic mass is 9.76. The number of ether oxygens (including phenoxy) is 1. The first kappa shape index (κ1) is 27.0. The minimum absolute atomic E-state index is 0.139. The minimum atomic E-state index is -0.155. The summed E-state index contributed by atoms with van der Waals surface area (Å²) in [6.07, 6.45) is 6.63. The predicted molar refractivity (Wildman–Crippen MR) is 154 cm³/mol. The van der Waals surface area contributed by atoms with Crippen LogP contribution in [0, 0.1) is 12.8 Å². The standard InChI is InChI=1S/C30H40N4O3S/c1-18-14-25(38-5)24(28(35)32-18)15-31-29(36)27-23-9-7-6-8-22(23)26(34(27)4)19(2)20-10-12-21(13-11-20)33-30(3)16-37-17-30/h6-9,14,19-21,33H,10-13,15-17H2,1-5H3,(H,31,36)(H,32,35)/t19-,20?,21?/m1/s1. The second-order valence-corrected chi connectivity index (χ2v) is 12.3. The normalized spacial score (nSPS) is 21.7. The van der Waals surface area contributed by atoms with Crippen LogP contribution in [-0.4, -0.2) is 46.5 Å². The van der Waals surface area contributed by atoms with Crippen molar-refractivity contribution in [3.8, 4) is 0 Å². The second-order valence-electron chi connectivity index (χ2n) is 11.4. The Hall–Kier alpha value is -2.55. The van der Waals surface area contributed by atoms with E-state index in [2.05, 4.69) is 46.2 Å². The van der Waals surface area contributed by atoms with Gasteiger partial charge < -0.3 is 24.9 Å². The Kier molecular flexibility index (Phi) is 7.76. The first-order valence-electron chi connectivity index (χ1n) is 13.7. The maximum atomic E-state index is 13.6. The third kappa shape index (κ3) is 5.18. The van der Waals surface area contributed by atoms with Crippen molar-refractivity contribution < 1.29 is 9.53 Å². The van der Waals surface area contributed by atoms with Crippen LogP contribution in [0.3, 0.4) is 0 Å².